The third kappa shape index (κ3) is 2.95. The second-order valence-corrected chi connectivity index (χ2v) is 7.97. The maximum atomic E-state index is 12.5. The molecule has 26 heavy (non-hydrogen) atoms. The molecule has 0 saturated heterocycles. The first-order valence-electron chi connectivity index (χ1n) is 8.15. The summed E-state index contributed by atoms with van der Waals surface area (Å²) in [5, 5.41) is 3.70. The van der Waals surface area contributed by atoms with Gasteiger partial charge in [-0.1, -0.05) is 5.16 Å². The van der Waals surface area contributed by atoms with Crippen LogP contribution < -0.4 is 10.5 Å². The second kappa shape index (κ2) is 6.36. The smallest absolute Gasteiger partial charge is 0.246 e. The van der Waals surface area contributed by atoms with Gasteiger partial charge in [-0.25, -0.2) is 23.1 Å². The Morgan fingerprint density at radius 2 is 1.81 bits per heavy atom. The highest BCUT2D eigenvalue weighted by molar-refractivity contribution is 7.89. The summed E-state index contributed by atoms with van der Waals surface area (Å²) in [4.78, 5) is 8.87. The lowest BCUT2D eigenvalue weighted by molar-refractivity contribution is 0.390. The van der Waals surface area contributed by atoms with E-state index in [2.05, 4.69) is 19.8 Å². The molecule has 140 valence electrons. The summed E-state index contributed by atoms with van der Waals surface area (Å²) in [6, 6.07) is 0. The van der Waals surface area contributed by atoms with Gasteiger partial charge in [0.1, 0.15) is 21.9 Å². The van der Waals surface area contributed by atoms with Crippen molar-refractivity contribution < 1.29 is 12.9 Å². The number of fused-ring (bicyclic) bond motifs is 1. The second-order valence-electron chi connectivity index (χ2n) is 6.27. The molecular weight excluding hydrogens is 356 g/mol. The van der Waals surface area contributed by atoms with Gasteiger partial charge in [-0.05, 0) is 40.2 Å². The molecule has 3 N–H and O–H groups in total. The van der Waals surface area contributed by atoms with E-state index in [9.17, 15) is 8.42 Å². The van der Waals surface area contributed by atoms with Gasteiger partial charge in [0.2, 0.25) is 10.0 Å². The number of sulfonamides is 1. The molecule has 0 aliphatic rings. The molecule has 0 aliphatic carbocycles. The number of imidazole rings is 1. The van der Waals surface area contributed by atoms with Gasteiger partial charge >= 0.3 is 0 Å². The highest BCUT2D eigenvalue weighted by Crippen LogP contribution is 2.25. The normalized spacial score (nSPS) is 12.2. The molecule has 9 nitrogen and oxygen atoms in total. The Balaban J connectivity index is 1.88. The van der Waals surface area contributed by atoms with Gasteiger partial charge < -0.3 is 14.8 Å². The average molecular weight is 378 g/mol. The summed E-state index contributed by atoms with van der Waals surface area (Å²) in [5.41, 5.74) is 9.64. The van der Waals surface area contributed by atoms with Gasteiger partial charge in [0, 0.05) is 18.8 Å². The molecule has 0 aliphatic heterocycles. The third-order valence-corrected chi connectivity index (χ3v) is 6.16. The number of pyridine rings is 1. The van der Waals surface area contributed by atoms with Crippen molar-refractivity contribution in [3.8, 4) is 0 Å². The van der Waals surface area contributed by atoms with E-state index in [0.29, 0.717) is 23.6 Å². The number of nitrogens with zero attached hydrogens (tertiary/aromatic N) is 4. The minimum atomic E-state index is -3.70. The van der Waals surface area contributed by atoms with Crippen molar-refractivity contribution in [2.24, 2.45) is 0 Å². The van der Waals surface area contributed by atoms with Gasteiger partial charge in [0.05, 0.1) is 5.52 Å². The molecule has 3 aromatic rings. The van der Waals surface area contributed by atoms with Gasteiger partial charge in [-0.2, -0.15) is 0 Å². The summed E-state index contributed by atoms with van der Waals surface area (Å²) < 4.78 is 34.5. The zero-order chi connectivity index (χ0) is 19.2. The van der Waals surface area contributed by atoms with Crippen LogP contribution in [-0.4, -0.2) is 34.7 Å². The fourth-order valence-corrected chi connectivity index (χ4v) is 4.45. The van der Waals surface area contributed by atoms with Crippen LogP contribution in [0, 0.1) is 34.6 Å². The lowest BCUT2D eigenvalue weighted by Crippen LogP contribution is -2.28. The molecule has 0 aromatic carbocycles. The quantitative estimate of drug-likeness (QED) is 0.688. The monoisotopic (exact) mass is 378 g/mol. The van der Waals surface area contributed by atoms with Gasteiger partial charge in [0.25, 0.3) is 0 Å². The van der Waals surface area contributed by atoms with Crippen molar-refractivity contribution in [2.45, 2.75) is 46.1 Å². The van der Waals surface area contributed by atoms with Crippen molar-refractivity contribution >= 4 is 26.9 Å². The number of aryl methyl sites for hydroxylation is 5. The van der Waals surface area contributed by atoms with Crippen molar-refractivity contribution in [3.05, 3.63) is 28.5 Å². The third-order valence-electron chi connectivity index (χ3n) is 4.45. The molecule has 0 radical (unpaired) electrons. The van der Waals surface area contributed by atoms with Crippen molar-refractivity contribution in [1.82, 2.24) is 24.4 Å². The van der Waals surface area contributed by atoms with E-state index in [1.807, 2.05) is 25.3 Å². The van der Waals surface area contributed by atoms with E-state index in [0.717, 1.165) is 22.6 Å². The summed E-state index contributed by atoms with van der Waals surface area (Å²) in [6.45, 7) is 9.48. The maximum absolute atomic E-state index is 12.5. The molecule has 0 spiro atoms. The predicted molar refractivity (Wildman–Crippen MR) is 97.3 cm³/mol. The van der Waals surface area contributed by atoms with Crippen molar-refractivity contribution in [3.63, 3.8) is 0 Å². The Kier molecular flexibility index (Phi) is 4.49. The number of hydrogen-bond acceptors (Lipinski definition) is 7. The number of hydrogen-bond donors (Lipinski definition) is 2. The molecule has 3 rings (SSSR count). The minimum absolute atomic E-state index is 0.0881. The predicted octanol–water partition coefficient (Wildman–Crippen LogP) is 1.52. The molecular formula is C16H22N6O3S. The number of nitrogen functional groups attached to an aromatic ring is 1. The first-order valence-corrected chi connectivity index (χ1v) is 9.64. The van der Waals surface area contributed by atoms with Crippen LogP contribution in [0.4, 0.5) is 5.82 Å². The fourth-order valence-electron chi connectivity index (χ4n) is 3.11. The van der Waals surface area contributed by atoms with E-state index < -0.39 is 10.0 Å². The number of rotatable bonds is 5. The van der Waals surface area contributed by atoms with Crippen LogP contribution in [0.25, 0.3) is 11.0 Å². The van der Waals surface area contributed by atoms with Crippen LogP contribution >= 0.6 is 0 Å². The molecule has 10 heteroatoms. The Hall–Kier alpha value is -2.46. The Morgan fingerprint density at radius 1 is 1.12 bits per heavy atom. The first kappa shape index (κ1) is 18.3. The van der Waals surface area contributed by atoms with Crippen LogP contribution in [0.3, 0.4) is 0 Å². The topological polar surface area (TPSA) is 129 Å². The van der Waals surface area contributed by atoms with Crippen LogP contribution in [-0.2, 0) is 16.6 Å². The van der Waals surface area contributed by atoms with E-state index in [4.69, 9.17) is 10.3 Å². The van der Waals surface area contributed by atoms with E-state index in [1.54, 1.807) is 13.8 Å². The standard InChI is InChI=1S/C16H22N6O3S/c1-8-9(2)19-16(17)13-14(8)22(12(5)20-13)7-6-18-26(23,24)15-10(3)21-25-11(15)4/h18H,6-7H2,1-5H3,(H2,17,19). The van der Waals surface area contributed by atoms with E-state index in [-0.39, 0.29) is 17.2 Å². The van der Waals surface area contributed by atoms with Crippen molar-refractivity contribution in [1.29, 1.82) is 0 Å². The lowest BCUT2D eigenvalue weighted by atomic mass is 10.2. The Labute approximate surface area is 151 Å². The molecule has 3 heterocycles. The van der Waals surface area contributed by atoms with E-state index >= 15 is 0 Å². The van der Waals surface area contributed by atoms with Crippen LogP contribution in [0.5, 0.6) is 0 Å². The molecule has 0 unspecified atom stereocenters. The molecule has 0 saturated carbocycles. The van der Waals surface area contributed by atoms with Crippen molar-refractivity contribution in [2.75, 3.05) is 12.3 Å². The maximum Gasteiger partial charge on any atom is 0.246 e. The van der Waals surface area contributed by atoms with Crippen LogP contribution in [0.1, 0.15) is 28.5 Å². The highest BCUT2D eigenvalue weighted by Gasteiger charge is 2.24. The van der Waals surface area contributed by atoms with Gasteiger partial charge in [-0.3, -0.25) is 0 Å². The van der Waals surface area contributed by atoms with Gasteiger partial charge in [0.15, 0.2) is 11.6 Å². The van der Waals surface area contributed by atoms with Gasteiger partial charge in [-0.15, -0.1) is 0 Å². The average Bonchev–Trinajstić information content (AvgIpc) is 3.06. The minimum Gasteiger partial charge on any atom is -0.382 e. The molecule has 0 fully saturated rings. The zero-order valence-corrected chi connectivity index (χ0v) is 16.2. The first-order chi connectivity index (χ1) is 12.1. The SMILES string of the molecule is Cc1noc(C)c1S(=O)(=O)NCCn1c(C)nc2c(N)nc(C)c(C)c21. The highest BCUT2D eigenvalue weighted by atomic mass is 32.2. The largest absolute Gasteiger partial charge is 0.382 e. The lowest BCUT2D eigenvalue weighted by Gasteiger charge is -2.11. The number of anilines is 1. The summed E-state index contributed by atoms with van der Waals surface area (Å²) >= 11 is 0. The van der Waals surface area contributed by atoms with Crippen LogP contribution in [0.15, 0.2) is 9.42 Å². The molecule has 0 bridgehead atoms. The Morgan fingerprint density at radius 3 is 2.42 bits per heavy atom. The molecule has 3 aromatic heterocycles. The Bertz CT molecular complexity index is 1080. The summed E-state index contributed by atoms with van der Waals surface area (Å²) in [6.07, 6.45) is 0. The number of nitrogens with two attached hydrogens (primary N) is 1. The summed E-state index contributed by atoms with van der Waals surface area (Å²) in [5.74, 6) is 1.39. The van der Waals surface area contributed by atoms with Crippen LogP contribution in [0.2, 0.25) is 0 Å². The molecule has 0 amide bonds. The molecule has 0 atom stereocenters. The summed E-state index contributed by atoms with van der Waals surface area (Å²) in [7, 11) is -3.70. The number of aromatic nitrogens is 4. The number of nitrogens with one attached hydrogen (secondary N) is 1. The fraction of sp³-hybridized carbons (Fsp3) is 0.438. The van der Waals surface area contributed by atoms with E-state index in [1.165, 1.54) is 0 Å². The zero-order valence-electron chi connectivity index (χ0n) is 15.4.